The summed E-state index contributed by atoms with van der Waals surface area (Å²) in [6.07, 6.45) is 6.83. The molecule has 1 aliphatic rings. The molecular weight excluding hydrogens is 228 g/mol. The van der Waals surface area contributed by atoms with Gasteiger partial charge in [0, 0.05) is 30.0 Å². The number of aromatic amines is 1. The highest BCUT2D eigenvalue weighted by atomic mass is 15.2. The minimum absolute atomic E-state index is 0.611. The Morgan fingerprint density at radius 1 is 1.39 bits per heavy atom. The van der Waals surface area contributed by atoms with E-state index in [0.717, 1.165) is 18.7 Å². The second-order valence-corrected chi connectivity index (χ2v) is 4.51. The number of hydrogen-bond acceptors (Lipinski definition) is 5. The van der Waals surface area contributed by atoms with Gasteiger partial charge in [0.05, 0.1) is 0 Å². The Morgan fingerprint density at radius 2 is 2.28 bits per heavy atom. The zero-order valence-corrected chi connectivity index (χ0v) is 10.3. The molecule has 0 unspecified atom stereocenters. The summed E-state index contributed by atoms with van der Waals surface area (Å²) in [4.78, 5) is 13.0. The van der Waals surface area contributed by atoms with Gasteiger partial charge in [-0.15, -0.1) is 0 Å². The van der Waals surface area contributed by atoms with Gasteiger partial charge in [0.25, 0.3) is 0 Å². The standard InChI is InChI=1S/C12H16N6/c1-2-10-8(5-13-9-3-4-9)6-14-11(17-10)12-15-7-16-18-12/h6-7,9,13H,2-5H2,1H3,(H,15,16,18). The number of nitrogens with zero attached hydrogens (tertiary/aromatic N) is 4. The van der Waals surface area contributed by atoms with Crippen molar-refractivity contribution in [1.29, 1.82) is 0 Å². The molecule has 2 N–H and O–H groups in total. The molecule has 1 saturated carbocycles. The van der Waals surface area contributed by atoms with Gasteiger partial charge in [-0.05, 0) is 19.3 Å². The van der Waals surface area contributed by atoms with Crippen LogP contribution in [0.3, 0.4) is 0 Å². The topological polar surface area (TPSA) is 79.4 Å². The minimum atomic E-state index is 0.611. The van der Waals surface area contributed by atoms with E-state index in [1.807, 2.05) is 6.20 Å². The van der Waals surface area contributed by atoms with E-state index in [0.29, 0.717) is 17.7 Å². The van der Waals surface area contributed by atoms with E-state index in [1.165, 1.54) is 24.7 Å². The third-order valence-electron chi connectivity index (χ3n) is 3.07. The number of aromatic nitrogens is 5. The summed E-state index contributed by atoms with van der Waals surface area (Å²) in [5.74, 6) is 1.23. The van der Waals surface area contributed by atoms with Crippen LogP contribution in [0.1, 0.15) is 31.0 Å². The molecule has 0 aromatic carbocycles. The highest BCUT2D eigenvalue weighted by Gasteiger charge is 2.20. The highest BCUT2D eigenvalue weighted by molar-refractivity contribution is 5.42. The van der Waals surface area contributed by atoms with Crippen molar-refractivity contribution in [2.75, 3.05) is 0 Å². The predicted octanol–water partition coefficient (Wildman–Crippen LogP) is 1.08. The van der Waals surface area contributed by atoms with Gasteiger partial charge in [0.2, 0.25) is 0 Å². The Labute approximate surface area is 105 Å². The van der Waals surface area contributed by atoms with E-state index in [4.69, 9.17) is 0 Å². The molecule has 0 saturated heterocycles. The fourth-order valence-corrected chi connectivity index (χ4v) is 1.86. The van der Waals surface area contributed by atoms with Gasteiger partial charge in [0.1, 0.15) is 6.33 Å². The number of rotatable bonds is 5. The van der Waals surface area contributed by atoms with Crippen LogP contribution in [0, 0.1) is 0 Å². The molecular formula is C12H16N6. The van der Waals surface area contributed by atoms with Crippen LogP contribution in [0.4, 0.5) is 0 Å². The van der Waals surface area contributed by atoms with Crippen molar-refractivity contribution in [3.8, 4) is 11.6 Å². The molecule has 2 aromatic rings. The Balaban J connectivity index is 1.82. The maximum atomic E-state index is 4.55. The number of hydrogen-bond donors (Lipinski definition) is 2. The van der Waals surface area contributed by atoms with Gasteiger partial charge < -0.3 is 5.32 Å². The highest BCUT2D eigenvalue weighted by Crippen LogP contribution is 2.20. The van der Waals surface area contributed by atoms with Crippen LogP contribution in [0.15, 0.2) is 12.5 Å². The van der Waals surface area contributed by atoms with Crippen molar-refractivity contribution in [1.82, 2.24) is 30.5 Å². The first-order valence-corrected chi connectivity index (χ1v) is 6.30. The fourth-order valence-electron chi connectivity index (χ4n) is 1.86. The number of nitrogens with one attached hydrogen (secondary N) is 2. The van der Waals surface area contributed by atoms with E-state index in [-0.39, 0.29) is 0 Å². The van der Waals surface area contributed by atoms with E-state index < -0.39 is 0 Å². The normalized spacial score (nSPS) is 14.9. The lowest BCUT2D eigenvalue weighted by atomic mass is 10.2. The van der Waals surface area contributed by atoms with Crippen molar-refractivity contribution in [3.05, 3.63) is 23.8 Å². The molecule has 0 atom stereocenters. The second-order valence-electron chi connectivity index (χ2n) is 4.51. The first-order valence-electron chi connectivity index (χ1n) is 6.30. The maximum Gasteiger partial charge on any atom is 0.197 e. The summed E-state index contributed by atoms with van der Waals surface area (Å²) >= 11 is 0. The number of aryl methyl sites for hydroxylation is 1. The Bertz CT molecular complexity index is 517. The molecule has 1 fully saturated rings. The quantitative estimate of drug-likeness (QED) is 0.822. The molecule has 3 rings (SSSR count). The zero-order valence-electron chi connectivity index (χ0n) is 10.3. The lowest BCUT2D eigenvalue weighted by molar-refractivity contribution is 0.676. The summed E-state index contributed by atoms with van der Waals surface area (Å²) in [5, 5.41) is 10.1. The van der Waals surface area contributed by atoms with Crippen molar-refractivity contribution in [3.63, 3.8) is 0 Å². The van der Waals surface area contributed by atoms with E-state index >= 15 is 0 Å². The fraction of sp³-hybridized carbons (Fsp3) is 0.500. The minimum Gasteiger partial charge on any atom is -0.310 e. The number of H-pyrrole nitrogens is 1. The summed E-state index contributed by atoms with van der Waals surface area (Å²) in [5.41, 5.74) is 2.25. The van der Waals surface area contributed by atoms with Crippen LogP contribution in [0.25, 0.3) is 11.6 Å². The zero-order chi connectivity index (χ0) is 12.4. The molecule has 0 spiro atoms. The molecule has 0 aliphatic heterocycles. The van der Waals surface area contributed by atoms with Crippen LogP contribution in [-0.2, 0) is 13.0 Å². The second kappa shape index (κ2) is 4.81. The predicted molar refractivity (Wildman–Crippen MR) is 66.6 cm³/mol. The third kappa shape index (κ3) is 2.38. The molecule has 0 radical (unpaired) electrons. The Morgan fingerprint density at radius 3 is 2.94 bits per heavy atom. The lowest BCUT2D eigenvalue weighted by Crippen LogP contribution is -2.17. The molecule has 6 nitrogen and oxygen atoms in total. The van der Waals surface area contributed by atoms with Crippen LogP contribution >= 0.6 is 0 Å². The summed E-state index contributed by atoms with van der Waals surface area (Å²) < 4.78 is 0. The molecule has 2 heterocycles. The Hall–Kier alpha value is -1.82. The molecule has 0 amide bonds. The van der Waals surface area contributed by atoms with E-state index in [1.54, 1.807) is 0 Å². The smallest absolute Gasteiger partial charge is 0.197 e. The summed E-state index contributed by atoms with van der Waals surface area (Å²) in [6.45, 7) is 2.96. The monoisotopic (exact) mass is 244 g/mol. The molecule has 0 bridgehead atoms. The van der Waals surface area contributed by atoms with Crippen LogP contribution < -0.4 is 5.32 Å². The largest absolute Gasteiger partial charge is 0.310 e. The van der Waals surface area contributed by atoms with E-state index in [9.17, 15) is 0 Å². The average molecular weight is 244 g/mol. The SMILES string of the molecule is CCc1nc(-c2ncn[nH]2)ncc1CNC1CC1. The van der Waals surface area contributed by atoms with Gasteiger partial charge in [-0.1, -0.05) is 6.92 Å². The molecule has 1 aliphatic carbocycles. The van der Waals surface area contributed by atoms with Crippen LogP contribution in [0.2, 0.25) is 0 Å². The molecule has 2 aromatic heterocycles. The average Bonchev–Trinajstić information content (AvgIpc) is 3.08. The van der Waals surface area contributed by atoms with Gasteiger partial charge in [-0.2, -0.15) is 5.10 Å². The van der Waals surface area contributed by atoms with E-state index in [2.05, 4.69) is 37.4 Å². The first kappa shape index (κ1) is 11.3. The van der Waals surface area contributed by atoms with Gasteiger partial charge in [-0.3, -0.25) is 5.10 Å². The maximum absolute atomic E-state index is 4.55. The molecule has 6 heteroatoms. The van der Waals surface area contributed by atoms with Crippen molar-refractivity contribution in [2.45, 2.75) is 38.8 Å². The third-order valence-corrected chi connectivity index (χ3v) is 3.07. The van der Waals surface area contributed by atoms with Crippen molar-refractivity contribution < 1.29 is 0 Å². The molecule has 18 heavy (non-hydrogen) atoms. The first-order chi connectivity index (χ1) is 8.86. The van der Waals surface area contributed by atoms with Crippen molar-refractivity contribution >= 4 is 0 Å². The Kier molecular flexibility index (Phi) is 3.02. The van der Waals surface area contributed by atoms with Gasteiger partial charge in [-0.25, -0.2) is 15.0 Å². The molecule has 94 valence electrons. The lowest BCUT2D eigenvalue weighted by Gasteiger charge is -2.08. The van der Waals surface area contributed by atoms with Crippen molar-refractivity contribution in [2.24, 2.45) is 0 Å². The van der Waals surface area contributed by atoms with Gasteiger partial charge >= 0.3 is 0 Å². The van der Waals surface area contributed by atoms with Crippen LogP contribution in [-0.4, -0.2) is 31.2 Å². The van der Waals surface area contributed by atoms with Gasteiger partial charge in [0.15, 0.2) is 11.6 Å². The van der Waals surface area contributed by atoms with Crippen LogP contribution in [0.5, 0.6) is 0 Å². The summed E-state index contributed by atoms with van der Waals surface area (Å²) in [6, 6.07) is 0.698. The summed E-state index contributed by atoms with van der Waals surface area (Å²) in [7, 11) is 0.